The smallest absolute Gasteiger partial charge is 0.0660 e. The van der Waals surface area contributed by atoms with Gasteiger partial charge >= 0.3 is 0 Å². The first kappa shape index (κ1) is 13.5. The normalized spacial score (nSPS) is 25.9. The average molecular weight is 247 g/mol. The molecule has 0 spiro atoms. The Morgan fingerprint density at radius 2 is 2.28 bits per heavy atom. The van der Waals surface area contributed by atoms with Gasteiger partial charge in [-0.05, 0) is 43.7 Å². The van der Waals surface area contributed by atoms with E-state index in [1.165, 1.54) is 32.1 Å². The minimum Gasteiger partial charge on any atom is -0.271 e. The van der Waals surface area contributed by atoms with Crippen LogP contribution < -0.4 is 11.3 Å². The van der Waals surface area contributed by atoms with E-state index in [2.05, 4.69) is 29.5 Å². The topological polar surface area (TPSA) is 50.9 Å². The molecule has 1 fully saturated rings. The molecule has 18 heavy (non-hydrogen) atoms. The molecule has 3 atom stereocenters. The van der Waals surface area contributed by atoms with Crippen LogP contribution in [-0.4, -0.2) is 4.98 Å². The molecule has 0 aliphatic heterocycles. The summed E-state index contributed by atoms with van der Waals surface area (Å²) in [4.78, 5) is 4.63. The maximum absolute atomic E-state index is 5.78. The molecule has 3 unspecified atom stereocenters. The molecule has 0 saturated heterocycles. The van der Waals surface area contributed by atoms with E-state index in [0.29, 0.717) is 5.92 Å². The number of aromatic nitrogens is 1. The second kappa shape index (κ2) is 6.30. The molecular weight excluding hydrogens is 222 g/mol. The number of nitrogens with two attached hydrogens (primary N) is 1. The number of hydrogen-bond donors (Lipinski definition) is 2. The molecule has 1 aliphatic carbocycles. The Hall–Kier alpha value is -0.930. The molecule has 1 saturated carbocycles. The molecule has 0 aromatic carbocycles. The number of nitrogens with one attached hydrogen (secondary N) is 1. The first-order chi connectivity index (χ1) is 8.74. The van der Waals surface area contributed by atoms with E-state index in [9.17, 15) is 0 Å². The highest BCUT2D eigenvalue weighted by molar-refractivity contribution is 5.14. The van der Waals surface area contributed by atoms with Crippen molar-refractivity contribution < 1.29 is 0 Å². The van der Waals surface area contributed by atoms with E-state index in [4.69, 9.17) is 5.84 Å². The first-order valence-electron chi connectivity index (χ1n) is 7.14. The van der Waals surface area contributed by atoms with Gasteiger partial charge in [-0.25, -0.2) is 0 Å². The van der Waals surface area contributed by atoms with E-state index in [1.54, 1.807) is 0 Å². The largest absolute Gasteiger partial charge is 0.271 e. The Bertz CT molecular complexity index is 378. The van der Waals surface area contributed by atoms with Crippen molar-refractivity contribution in [1.29, 1.82) is 0 Å². The fraction of sp³-hybridized carbons (Fsp3) is 0.667. The molecule has 1 aromatic rings. The minimum atomic E-state index is 0.208. The van der Waals surface area contributed by atoms with Gasteiger partial charge in [0, 0.05) is 5.69 Å². The number of pyridine rings is 1. The van der Waals surface area contributed by atoms with Crippen LogP contribution in [0.3, 0.4) is 0 Å². The van der Waals surface area contributed by atoms with Crippen LogP contribution in [0.2, 0.25) is 0 Å². The summed E-state index contributed by atoms with van der Waals surface area (Å²) in [6, 6.07) is 6.40. The number of hydrazine groups is 1. The number of nitrogens with zero attached hydrogens (tertiary/aromatic N) is 1. The fourth-order valence-corrected chi connectivity index (χ4v) is 3.21. The molecule has 2 rings (SSSR count). The van der Waals surface area contributed by atoms with E-state index < -0.39 is 0 Å². The van der Waals surface area contributed by atoms with Crippen LogP contribution >= 0.6 is 0 Å². The highest BCUT2D eigenvalue weighted by atomic mass is 15.2. The van der Waals surface area contributed by atoms with Crippen molar-refractivity contribution in [1.82, 2.24) is 10.4 Å². The second-order valence-corrected chi connectivity index (χ2v) is 5.55. The van der Waals surface area contributed by atoms with Crippen molar-refractivity contribution in [3.63, 3.8) is 0 Å². The second-order valence-electron chi connectivity index (χ2n) is 5.55. The van der Waals surface area contributed by atoms with Gasteiger partial charge < -0.3 is 0 Å². The summed E-state index contributed by atoms with van der Waals surface area (Å²) >= 11 is 0. The third-order valence-electron chi connectivity index (χ3n) is 4.28. The van der Waals surface area contributed by atoms with E-state index in [0.717, 1.165) is 17.3 Å². The Labute approximate surface area is 110 Å². The number of rotatable bonds is 4. The number of hydrogen-bond acceptors (Lipinski definition) is 3. The third-order valence-corrected chi connectivity index (χ3v) is 4.28. The Morgan fingerprint density at radius 1 is 1.44 bits per heavy atom. The summed E-state index contributed by atoms with van der Waals surface area (Å²) in [5.41, 5.74) is 5.16. The predicted molar refractivity (Wildman–Crippen MR) is 74.8 cm³/mol. The standard InChI is InChI=1S/C15H25N3/c1-3-12-7-5-8-13(10-12)15(18-16)14-9-4-6-11(2)17-14/h4,6,9,12-13,15,18H,3,5,7-8,10,16H2,1-2H3. The maximum Gasteiger partial charge on any atom is 0.0660 e. The van der Waals surface area contributed by atoms with Crippen molar-refractivity contribution in [2.24, 2.45) is 17.7 Å². The highest BCUT2D eigenvalue weighted by Gasteiger charge is 2.28. The summed E-state index contributed by atoms with van der Waals surface area (Å²) in [6.07, 6.45) is 6.54. The molecule has 100 valence electrons. The van der Waals surface area contributed by atoms with Gasteiger partial charge in [-0.2, -0.15) is 0 Å². The Morgan fingerprint density at radius 3 is 2.94 bits per heavy atom. The zero-order valence-electron chi connectivity index (χ0n) is 11.5. The van der Waals surface area contributed by atoms with Crippen LogP contribution in [0, 0.1) is 18.8 Å². The molecule has 1 aliphatic rings. The van der Waals surface area contributed by atoms with Crippen molar-refractivity contribution in [2.75, 3.05) is 0 Å². The van der Waals surface area contributed by atoms with Gasteiger partial charge in [0.2, 0.25) is 0 Å². The van der Waals surface area contributed by atoms with Crippen LogP contribution in [0.5, 0.6) is 0 Å². The van der Waals surface area contributed by atoms with Crippen LogP contribution in [0.25, 0.3) is 0 Å². The fourth-order valence-electron chi connectivity index (χ4n) is 3.21. The maximum atomic E-state index is 5.78. The minimum absolute atomic E-state index is 0.208. The molecular formula is C15H25N3. The van der Waals surface area contributed by atoms with Gasteiger partial charge in [-0.15, -0.1) is 0 Å². The Kier molecular flexibility index (Phi) is 4.72. The van der Waals surface area contributed by atoms with Crippen LogP contribution in [0.4, 0.5) is 0 Å². The van der Waals surface area contributed by atoms with Gasteiger partial charge in [0.25, 0.3) is 0 Å². The molecule has 3 N–H and O–H groups in total. The summed E-state index contributed by atoms with van der Waals surface area (Å²) in [5, 5.41) is 0. The lowest BCUT2D eigenvalue weighted by Crippen LogP contribution is -2.36. The first-order valence-corrected chi connectivity index (χ1v) is 7.14. The lowest BCUT2D eigenvalue weighted by Gasteiger charge is -2.33. The van der Waals surface area contributed by atoms with Gasteiger partial charge in [0.15, 0.2) is 0 Å². The molecule has 1 heterocycles. The summed E-state index contributed by atoms with van der Waals surface area (Å²) in [6.45, 7) is 4.33. The van der Waals surface area contributed by atoms with Crippen LogP contribution in [0.1, 0.15) is 56.5 Å². The summed E-state index contributed by atoms with van der Waals surface area (Å²) in [7, 11) is 0. The van der Waals surface area contributed by atoms with Crippen LogP contribution in [0.15, 0.2) is 18.2 Å². The summed E-state index contributed by atoms with van der Waals surface area (Å²) < 4.78 is 0. The third kappa shape index (κ3) is 3.09. The lowest BCUT2D eigenvalue weighted by atomic mass is 9.76. The zero-order chi connectivity index (χ0) is 13.0. The average Bonchev–Trinajstić information content (AvgIpc) is 2.40. The predicted octanol–water partition coefficient (Wildman–Crippen LogP) is 3.11. The Balaban J connectivity index is 2.12. The number of aryl methyl sites for hydroxylation is 1. The van der Waals surface area contributed by atoms with Crippen molar-refractivity contribution >= 4 is 0 Å². The molecule has 1 aromatic heterocycles. The SMILES string of the molecule is CCC1CCCC(C(NN)c2cccc(C)n2)C1. The van der Waals surface area contributed by atoms with Gasteiger partial charge in [-0.1, -0.05) is 32.3 Å². The molecule has 0 radical (unpaired) electrons. The van der Waals surface area contributed by atoms with Gasteiger partial charge in [0.05, 0.1) is 11.7 Å². The molecule has 3 heteroatoms. The van der Waals surface area contributed by atoms with Gasteiger partial charge in [0.1, 0.15) is 0 Å². The van der Waals surface area contributed by atoms with Crippen molar-refractivity contribution in [3.05, 3.63) is 29.6 Å². The van der Waals surface area contributed by atoms with Crippen molar-refractivity contribution in [2.45, 2.75) is 52.0 Å². The van der Waals surface area contributed by atoms with Crippen LogP contribution in [-0.2, 0) is 0 Å². The lowest BCUT2D eigenvalue weighted by molar-refractivity contribution is 0.207. The summed E-state index contributed by atoms with van der Waals surface area (Å²) in [5.74, 6) is 7.28. The highest BCUT2D eigenvalue weighted by Crippen LogP contribution is 2.37. The van der Waals surface area contributed by atoms with E-state index in [1.807, 2.05) is 13.0 Å². The van der Waals surface area contributed by atoms with E-state index >= 15 is 0 Å². The van der Waals surface area contributed by atoms with Crippen molar-refractivity contribution in [3.8, 4) is 0 Å². The van der Waals surface area contributed by atoms with E-state index in [-0.39, 0.29) is 6.04 Å². The molecule has 0 amide bonds. The molecule has 3 nitrogen and oxygen atoms in total. The molecule has 0 bridgehead atoms. The quantitative estimate of drug-likeness (QED) is 0.635. The van der Waals surface area contributed by atoms with Gasteiger partial charge in [-0.3, -0.25) is 16.3 Å². The monoisotopic (exact) mass is 247 g/mol. The zero-order valence-corrected chi connectivity index (χ0v) is 11.5.